The van der Waals surface area contributed by atoms with E-state index in [0.29, 0.717) is 12.8 Å². The van der Waals surface area contributed by atoms with Gasteiger partial charge in [0.2, 0.25) is 0 Å². The lowest BCUT2D eigenvalue weighted by molar-refractivity contribution is -0.157. The Morgan fingerprint density at radius 2 is 0.647 bits per heavy atom. The van der Waals surface area contributed by atoms with Gasteiger partial charge in [-0.1, -0.05) is 104 Å². The fourth-order valence-corrected chi connectivity index (χ4v) is 3.88. The highest BCUT2D eigenvalue weighted by molar-refractivity contribution is 5.70. The van der Waals surface area contributed by atoms with Crippen molar-refractivity contribution in [3.05, 3.63) is 0 Å². The summed E-state index contributed by atoms with van der Waals surface area (Å²) in [5.74, 6) is -0.0825. The summed E-state index contributed by atoms with van der Waals surface area (Å²) >= 11 is 0. The summed E-state index contributed by atoms with van der Waals surface area (Å²) in [6.45, 7) is 12.0. The van der Waals surface area contributed by atoms with Crippen molar-refractivity contribution in [2.75, 3.05) is 0 Å². The Morgan fingerprint density at radius 1 is 0.441 bits per heavy atom. The van der Waals surface area contributed by atoms with Crippen LogP contribution in [0.15, 0.2) is 0 Å². The highest BCUT2D eigenvalue weighted by Gasteiger charge is 2.20. The second-order valence-electron chi connectivity index (χ2n) is 11.3. The van der Waals surface area contributed by atoms with Crippen LogP contribution in [0.5, 0.6) is 0 Å². The summed E-state index contributed by atoms with van der Waals surface area (Å²) in [6, 6.07) is 0. The Morgan fingerprint density at radius 3 is 0.853 bits per heavy atom. The van der Waals surface area contributed by atoms with E-state index in [1.54, 1.807) is 0 Å². The first kappa shape index (κ1) is 32.9. The van der Waals surface area contributed by atoms with E-state index in [9.17, 15) is 9.59 Å². The maximum Gasteiger partial charge on any atom is 0.306 e. The Labute approximate surface area is 212 Å². The quantitative estimate of drug-likeness (QED) is 0.107. The van der Waals surface area contributed by atoms with Crippen LogP contribution in [0, 0.1) is 0 Å². The van der Waals surface area contributed by atoms with Crippen LogP contribution in [-0.4, -0.2) is 23.1 Å². The van der Waals surface area contributed by atoms with Gasteiger partial charge in [-0.2, -0.15) is 0 Å². The minimum Gasteiger partial charge on any atom is -0.460 e. The normalized spacial score (nSPS) is 12.1. The van der Waals surface area contributed by atoms with Gasteiger partial charge in [-0.05, 0) is 53.4 Å². The fourth-order valence-electron chi connectivity index (χ4n) is 3.88. The third-order valence-electron chi connectivity index (χ3n) is 6.99. The molecule has 0 heterocycles. The minimum atomic E-state index is -0.318. The van der Waals surface area contributed by atoms with Crippen molar-refractivity contribution in [2.24, 2.45) is 0 Å². The molecule has 202 valence electrons. The molecule has 0 aliphatic heterocycles. The first-order valence-electron chi connectivity index (χ1n) is 14.6. The molecule has 34 heavy (non-hydrogen) atoms. The van der Waals surface area contributed by atoms with Crippen LogP contribution < -0.4 is 0 Å². The number of unbranched alkanes of at least 4 members (excludes halogenated alkanes) is 15. The van der Waals surface area contributed by atoms with Gasteiger partial charge in [0.1, 0.15) is 11.2 Å². The number of hydrogen-bond acceptors (Lipinski definition) is 4. The van der Waals surface area contributed by atoms with Crippen molar-refractivity contribution in [1.29, 1.82) is 0 Å². The van der Waals surface area contributed by atoms with E-state index in [-0.39, 0.29) is 23.1 Å². The molecule has 0 saturated carbocycles. The molecule has 0 N–H and O–H groups in total. The van der Waals surface area contributed by atoms with Crippen molar-refractivity contribution in [2.45, 2.75) is 181 Å². The molecule has 4 nitrogen and oxygen atoms in total. The number of hydrogen-bond donors (Lipinski definition) is 0. The summed E-state index contributed by atoms with van der Waals surface area (Å²) in [7, 11) is 0. The van der Waals surface area contributed by atoms with Gasteiger partial charge in [-0.25, -0.2) is 0 Å². The lowest BCUT2D eigenvalue weighted by atomic mass is 10.0. The van der Waals surface area contributed by atoms with E-state index in [2.05, 4.69) is 13.8 Å². The molecule has 0 spiro atoms. The second-order valence-corrected chi connectivity index (χ2v) is 11.3. The van der Waals surface area contributed by atoms with Gasteiger partial charge in [0.25, 0.3) is 0 Å². The van der Waals surface area contributed by atoms with Gasteiger partial charge >= 0.3 is 11.9 Å². The van der Waals surface area contributed by atoms with Crippen LogP contribution in [0.3, 0.4) is 0 Å². The van der Waals surface area contributed by atoms with Gasteiger partial charge in [-0.15, -0.1) is 0 Å². The molecular weight excluding hydrogens is 424 g/mol. The number of esters is 2. The lowest BCUT2D eigenvalue weighted by Crippen LogP contribution is -2.26. The van der Waals surface area contributed by atoms with Crippen LogP contribution in [0.25, 0.3) is 0 Å². The van der Waals surface area contributed by atoms with Gasteiger partial charge in [0.05, 0.1) is 0 Å². The van der Waals surface area contributed by atoms with Gasteiger partial charge in [0, 0.05) is 12.8 Å². The summed E-state index contributed by atoms with van der Waals surface area (Å²) in [5, 5.41) is 0. The van der Waals surface area contributed by atoms with Crippen LogP contribution in [0.1, 0.15) is 170 Å². The molecule has 4 heteroatoms. The zero-order valence-electron chi connectivity index (χ0n) is 23.8. The zero-order valence-corrected chi connectivity index (χ0v) is 23.8. The van der Waals surface area contributed by atoms with E-state index in [0.717, 1.165) is 38.5 Å². The zero-order chi connectivity index (χ0) is 25.7. The average Bonchev–Trinajstić information content (AvgIpc) is 2.77. The third kappa shape index (κ3) is 21.5. The van der Waals surface area contributed by atoms with Crippen molar-refractivity contribution in [1.82, 2.24) is 0 Å². The molecule has 0 aromatic heterocycles. The monoisotopic (exact) mass is 482 g/mol. The SMILES string of the molecule is CCC(C)(C)OC(=O)CCCCCCCCCCCCCCCCCCC(=O)OC(C)(C)CC. The summed E-state index contributed by atoms with van der Waals surface area (Å²) < 4.78 is 11.0. The second kappa shape index (κ2) is 20.2. The molecule has 0 aliphatic rings. The minimum absolute atomic E-state index is 0.0413. The van der Waals surface area contributed by atoms with Crippen molar-refractivity contribution < 1.29 is 19.1 Å². The van der Waals surface area contributed by atoms with Gasteiger partial charge in [-0.3, -0.25) is 9.59 Å². The standard InChI is InChI=1S/C30H58O4/c1-7-29(3,4)33-27(31)25-23-21-19-17-15-13-11-9-10-12-14-16-18-20-22-24-26-28(32)34-30(5,6)8-2/h7-26H2,1-6H3. The fraction of sp³-hybridized carbons (Fsp3) is 0.933. The van der Waals surface area contributed by atoms with E-state index in [4.69, 9.17) is 9.47 Å². The molecule has 0 aromatic rings. The van der Waals surface area contributed by atoms with E-state index in [1.807, 2.05) is 27.7 Å². The maximum atomic E-state index is 11.8. The first-order chi connectivity index (χ1) is 16.1. The highest BCUT2D eigenvalue weighted by atomic mass is 16.6. The summed E-state index contributed by atoms with van der Waals surface area (Å²) in [5.41, 5.74) is -0.636. The number of ether oxygens (including phenoxy) is 2. The van der Waals surface area contributed by atoms with Crippen LogP contribution in [0.4, 0.5) is 0 Å². The van der Waals surface area contributed by atoms with Gasteiger partial charge < -0.3 is 9.47 Å². The molecule has 0 amide bonds. The summed E-state index contributed by atoms with van der Waals surface area (Å²) in [4.78, 5) is 23.6. The molecule has 0 saturated heterocycles. The van der Waals surface area contributed by atoms with Crippen molar-refractivity contribution in [3.63, 3.8) is 0 Å². The molecule has 0 aliphatic carbocycles. The first-order valence-corrected chi connectivity index (χ1v) is 14.6. The van der Waals surface area contributed by atoms with E-state index >= 15 is 0 Å². The van der Waals surface area contributed by atoms with E-state index in [1.165, 1.54) is 77.0 Å². The maximum absolute atomic E-state index is 11.8. The third-order valence-corrected chi connectivity index (χ3v) is 6.99. The van der Waals surface area contributed by atoms with Crippen molar-refractivity contribution in [3.8, 4) is 0 Å². The van der Waals surface area contributed by atoms with Crippen LogP contribution in [-0.2, 0) is 19.1 Å². The molecule has 0 radical (unpaired) electrons. The molecule has 0 aromatic carbocycles. The molecule has 0 fully saturated rings. The molecule has 0 unspecified atom stereocenters. The molecular formula is C30H58O4. The largest absolute Gasteiger partial charge is 0.460 e. The number of carbonyl (C=O) groups is 2. The Bertz CT molecular complexity index is 464. The van der Waals surface area contributed by atoms with Crippen LogP contribution >= 0.6 is 0 Å². The van der Waals surface area contributed by atoms with Crippen molar-refractivity contribution >= 4 is 11.9 Å². The molecule has 0 rings (SSSR count). The highest BCUT2D eigenvalue weighted by Crippen LogP contribution is 2.18. The smallest absolute Gasteiger partial charge is 0.306 e. The number of rotatable bonds is 23. The Hall–Kier alpha value is -1.06. The molecule has 0 atom stereocenters. The van der Waals surface area contributed by atoms with Crippen LogP contribution in [0.2, 0.25) is 0 Å². The molecule has 0 bridgehead atoms. The lowest BCUT2D eigenvalue weighted by Gasteiger charge is -2.23. The summed E-state index contributed by atoms with van der Waals surface area (Å²) in [6.07, 6.45) is 23.0. The topological polar surface area (TPSA) is 52.6 Å². The Balaban J connectivity index is 3.29. The Kier molecular flexibility index (Phi) is 19.5. The van der Waals surface area contributed by atoms with E-state index < -0.39 is 0 Å². The average molecular weight is 483 g/mol. The number of carbonyl (C=O) groups excluding carboxylic acids is 2. The van der Waals surface area contributed by atoms with Gasteiger partial charge in [0.15, 0.2) is 0 Å². The predicted octanol–water partition coefficient (Wildman–Crippen LogP) is 9.47. The predicted molar refractivity (Wildman–Crippen MR) is 144 cm³/mol.